The predicted octanol–water partition coefficient (Wildman–Crippen LogP) is 4.11. The zero-order valence-corrected chi connectivity index (χ0v) is 27.5. The third-order valence-corrected chi connectivity index (χ3v) is 9.73. The van der Waals surface area contributed by atoms with Crippen molar-refractivity contribution >= 4 is 23.7 Å². The lowest BCUT2D eigenvalue weighted by molar-refractivity contribution is -0.160. The first-order chi connectivity index (χ1) is 23.3. The summed E-state index contributed by atoms with van der Waals surface area (Å²) < 4.78 is 12.8. The number of aliphatic hydroxyl groups excluding tert-OH is 1. The molecule has 0 aliphatic carbocycles. The summed E-state index contributed by atoms with van der Waals surface area (Å²) in [5, 5.41) is 12.2. The first-order valence-corrected chi connectivity index (χ1v) is 17.0. The van der Waals surface area contributed by atoms with Gasteiger partial charge in [-0.25, -0.2) is 0 Å². The minimum atomic E-state index is -1.17. The zero-order valence-electron chi connectivity index (χ0n) is 27.5. The molecule has 5 rings (SSSR count). The zero-order chi connectivity index (χ0) is 34.1. The molecule has 10 nitrogen and oxygen atoms in total. The summed E-state index contributed by atoms with van der Waals surface area (Å²) >= 11 is 0. The van der Waals surface area contributed by atoms with Gasteiger partial charge >= 0.3 is 5.97 Å². The van der Waals surface area contributed by atoms with Crippen molar-refractivity contribution in [1.82, 2.24) is 15.1 Å². The van der Waals surface area contributed by atoms with Crippen molar-refractivity contribution in [3.8, 4) is 0 Å². The Bertz CT molecular complexity index is 1450. The number of hydrogen-bond acceptors (Lipinski definition) is 7. The van der Waals surface area contributed by atoms with E-state index in [4.69, 9.17) is 9.47 Å². The Morgan fingerprint density at radius 3 is 2.48 bits per heavy atom. The molecule has 2 aromatic carbocycles. The van der Waals surface area contributed by atoms with E-state index >= 15 is 0 Å². The molecule has 0 aromatic heterocycles. The Morgan fingerprint density at radius 1 is 1.06 bits per heavy atom. The average molecular weight is 658 g/mol. The fourth-order valence-electron chi connectivity index (χ4n) is 7.52. The van der Waals surface area contributed by atoms with E-state index in [2.05, 4.69) is 18.5 Å². The van der Waals surface area contributed by atoms with Crippen LogP contribution in [0, 0.1) is 11.8 Å². The molecular formula is C38H47N3O7. The van der Waals surface area contributed by atoms with Gasteiger partial charge < -0.3 is 29.7 Å². The van der Waals surface area contributed by atoms with E-state index in [0.717, 1.165) is 5.56 Å². The number of fused-ring (bicyclic) bond motifs is 1. The smallest absolute Gasteiger partial charge is 0.313 e. The largest absolute Gasteiger partial charge is 0.455 e. The van der Waals surface area contributed by atoms with Crippen molar-refractivity contribution in [3.63, 3.8) is 0 Å². The van der Waals surface area contributed by atoms with Gasteiger partial charge in [0.25, 0.3) is 0 Å². The van der Waals surface area contributed by atoms with Crippen LogP contribution < -0.4 is 5.32 Å². The van der Waals surface area contributed by atoms with Gasteiger partial charge in [-0.15, -0.1) is 13.2 Å². The second kappa shape index (κ2) is 16.2. The van der Waals surface area contributed by atoms with Crippen LogP contribution in [-0.4, -0.2) is 82.6 Å². The number of ether oxygens (including phenoxy) is 2. The molecule has 256 valence electrons. The number of rotatable bonds is 18. The molecule has 3 fully saturated rings. The van der Waals surface area contributed by atoms with E-state index < -0.39 is 41.7 Å². The van der Waals surface area contributed by atoms with Gasteiger partial charge in [-0.05, 0) is 49.7 Å². The SMILES string of the molecule is C=CCCC(=O)NC[C@H](OC(=O)[C@@H]1[C@H]2C(=O)N(CCCCCO)[C@H](C(=O)N(CC=C)Cc3ccccc3)[C@]23CC[C@H]1O3)c1ccccc1. The van der Waals surface area contributed by atoms with Gasteiger partial charge in [0.05, 0.1) is 24.5 Å². The van der Waals surface area contributed by atoms with E-state index in [1.54, 1.807) is 22.0 Å². The average Bonchev–Trinajstić information content (AvgIpc) is 3.75. The molecule has 3 aliphatic rings. The highest BCUT2D eigenvalue weighted by Gasteiger charge is 2.75. The van der Waals surface area contributed by atoms with Gasteiger partial charge in [0.2, 0.25) is 17.7 Å². The molecule has 0 radical (unpaired) electrons. The monoisotopic (exact) mass is 657 g/mol. The van der Waals surface area contributed by atoms with Gasteiger partial charge in [0.15, 0.2) is 0 Å². The highest BCUT2D eigenvalue weighted by Crippen LogP contribution is 2.59. The van der Waals surface area contributed by atoms with Crippen molar-refractivity contribution in [3.05, 3.63) is 97.1 Å². The molecule has 3 heterocycles. The number of carbonyl (C=O) groups excluding carboxylic acids is 4. The molecule has 2 N–H and O–H groups in total. The van der Waals surface area contributed by atoms with E-state index in [1.807, 2.05) is 60.7 Å². The van der Waals surface area contributed by atoms with Crippen LogP contribution in [0.15, 0.2) is 86.0 Å². The first kappa shape index (κ1) is 35.0. The van der Waals surface area contributed by atoms with Crippen molar-refractivity contribution < 1.29 is 33.8 Å². The van der Waals surface area contributed by atoms with E-state index in [0.29, 0.717) is 57.2 Å². The maximum absolute atomic E-state index is 14.6. The fourth-order valence-corrected chi connectivity index (χ4v) is 7.52. The molecule has 0 unspecified atom stereocenters. The number of nitrogens with one attached hydrogen (secondary N) is 1. The second-order valence-electron chi connectivity index (χ2n) is 12.8. The van der Waals surface area contributed by atoms with Crippen LogP contribution in [0.2, 0.25) is 0 Å². The number of benzene rings is 2. The molecule has 2 bridgehead atoms. The van der Waals surface area contributed by atoms with Crippen LogP contribution in [-0.2, 0) is 35.2 Å². The van der Waals surface area contributed by atoms with Crippen LogP contribution in [0.4, 0.5) is 0 Å². The van der Waals surface area contributed by atoms with Crippen molar-refractivity contribution in [2.24, 2.45) is 11.8 Å². The third-order valence-electron chi connectivity index (χ3n) is 9.73. The Hall–Kier alpha value is -4.28. The number of carbonyl (C=O) groups is 4. The number of unbranched alkanes of at least 4 members (excludes halogenated alkanes) is 2. The minimum Gasteiger partial charge on any atom is -0.455 e. The van der Waals surface area contributed by atoms with Gasteiger partial charge in [-0.3, -0.25) is 19.2 Å². The molecule has 10 heteroatoms. The number of amides is 3. The Balaban J connectivity index is 1.42. The number of hydrogen-bond donors (Lipinski definition) is 2. The molecule has 2 aromatic rings. The van der Waals surface area contributed by atoms with Crippen molar-refractivity contribution in [2.45, 2.75) is 75.3 Å². The summed E-state index contributed by atoms with van der Waals surface area (Å²) in [7, 11) is 0. The molecule has 6 atom stereocenters. The number of nitrogens with zero attached hydrogens (tertiary/aromatic N) is 2. The van der Waals surface area contributed by atoms with Gasteiger partial charge in [0, 0.05) is 32.7 Å². The second-order valence-corrected chi connectivity index (χ2v) is 12.8. The maximum Gasteiger partial charge on any atom is 0.313 e. The van der Waals surface area contributed by atoms with Crippen LogP contribution in [0.25, 0.3) is 0 Å². The lowest BCUT2D eigenvalue weighted by Gasteiger charge is -2.37. The van der Waals surface area contributed by atoms with Crippen LogP contribution >= 0.6 is 0 Å². The fraction of sp³-hybridized carbons (Fsp3) is 0.474. The van der Waals surface area contributed by atoms with E-state index in [-0.39, 0.29) is 43.8 Å². The van der Waals surface area contributed by atoms with E-state index in [1.165, 1.54) is 0 Å². The van der Waals surface area contributed by atoms with Gasteiger partial charge in [-0.1, -0.05) is 72.8 Å². The van der Waals surface area contributed by atoms with Gasteiger partial charge in [-0.2, -0.15) is 0 Å². The van der Waals surface area contributed by atoms with Crippen molar-refractivity contribution in [1.29, 1.82) is 0 Å². The number of allylic oxidation sites excluding steroid dienone is 1. The van der Waals surface area contributed by atoms with E-state index in [9.17, 15) is 24.3 Å². The number of aliphatic hydroxyl groups is 1. The maximum atomic E-state index is 14.6. The molecule has 0 saturated carbocycles. The standard InChI is InChI=1S/C38H47N3O7/c1-3-5-19-31(43)39-25-30(28-17-11-7-12-18-28)47-37(46)32-29-20-21-38(48-29)33(32)35(44)41(23-13-8-14-24-42)34(38)36(45)40(22-4-2)26-27-15-9-6-10-16-27/h3-4,6-7,9-12,15-18,29-30,32-34,42H,1-2,5,8,13-14,19-26H2,(H,39,43)/t29-,30+,32+,33+,34-,38+/m1/s1. The summed E-state index contributed by atoms with van der Waals surface area (Å²) in [5.41, 5.74) is 0.490. The molecule has 3 aliphatic heterocycles. The van der Waals surface area contributed by atoms with Crippen molar-refractivity contribution in [2.75, 3.05) is 26.2 Å². The molecular weight excluding hydrogens is 610 g/mol. The Morgan fingerprint density at radius 2 is 1.79 bits per heavy atom. The van der Waals surface area contributed by atoms with Gasteiger partial charge in [0.1, 0.15) is 17.7 Å². The molecule has 3 saturated heterocycles. The van der Waals surface area contributed by atoms with Crippen LogP contribution in [0.3, 0.4) is 0 Å². The summed E-state index contributed by atoms with van der Waals surface area (Å²) in [6.07, 6.45) is 5.65. The number of likely N-dealkylation sites (tertiary alicyclic amines) is 1. The molecule has 3 amide bonds. The summed E-state index contributed by atoms with van der Waals surface area (Å²) in [6.45, 7) is 8.58. The Labute approximate surface area is 282 Å². The normalized spacial score (nSPS) is 24.5. The van der Waals surface area contributed by atoms with Crippen LogP contribution in [0.1, 0.15) is 62.2 Å². The predicted molar refractivity (Wildman–Crippen MR) is 180 cm³/mol. The summed E-state index contributed by atoms with van der Waals surface area (Å²) in [5.74, 6) is -3.05. The first-order valence-electron chi connectivity index (χ1n) is 17.0. The third kappa shape index (κ3) is 7.39. The highest BCUT2D eigenvalue weighted by atomic mass is 16.6. The minimum absolute atomic E-state index is 0.0447. The lowest BCUT2D eigenvalue weighted by atomic mass is 9.70. The number of esters is 1. The summed E-state index contributed by atoms with van der Waals surface area (Å²) in [4.78, 5) is 58.9. The highest BCUT2D eigenvalue weighted by molar-refractivity contribution is 5.98. The van der Waals surface area contributed by atoms with Crippen LogP contribution in [0.5, 0.6) is 0 Å². The molecule has 48 heavy (non-hydrogen) atoms. The summed E-state index contributed by atoms with van der Waals surface area (Å²) in [6, 6.07) is 17.9. The Kier molecular flexibility index (Phi) is 11.8. The quantitative estimate of drug-likeness (QED) is 0.141. The molecule has 1 spiro atoms. The topological polar surface area (TPSA) is 125 Å². The lowest BCUT2D eigenvalue weighted by Crippen LogP contribution is -2.56.